The first kappa shape index (κ1) is 11.0. The first-order chi connectivity index (χ1) is 7.70. The lowest BCUT2D eigenvalue weighted by atomic mass is 9.88. The fourth-order valence-electron chi connectivity index (χ4n) is 2.20. The molecule has 1 aromatic carbocycles. The summed E-state index contributed by atoms with van der Waals surface area (Å²) in [7, 11) is 1.63. The summed E-state index contributed by atoms with van der Waals surface area (Å²) in [5.74, 6) is 0.798. The van der Waals surface area contributed by atoms with Crippen molar-refractivity contribution in [2.75, 3.05) is 13.7 Å². The Hall–Kier alpha value is -1.55. The number of carbonyl (C=O) groups excluding carboxylic acids is 1. The fourth-order valence-corrected chi connectivity index (χ4v) is 2.20. The van der Waals surface area contributed by atoms with Crippen molar-refractivity contribution < 1.29 is 9.53 Å². The van der Waals surface area contributed by atoms with Gasteiger partial charge in [0.2, 0.25) is 5.91 Å². The normalized spacial score (nSPS) is 24.2. The Morgan fingerprint density at radius 2 is 2.12 bits per heavy atom. The zero-order valence-corrected chi connectivity index (χ0v) is 9.51. The van der Waals surface area contributed by atoms with Gasteiger partial charge < -0.3 is 15.4 Å². The van der Waals surface area contributed by atoms with Crippen LogP contribution in [0.1, 0.15) is 18.5 Å². The highest BCUT2D eigenvalue weighted by Gasteiger charge is 2.45. The molecule has 0 unspecified atom stereocenters. The minimum absolute atomic E-state index is 0.0124. The molecule has 2 N–H and O–H groups in total. The molecule has 0 saturated carbocycles. The van der Waals surface area contributed by atoms with E-state index in [2.05, 4.69) is 0 Å². The van der Waals surface area contributed by atoms with Crippen LogP contribution >= 0.6 is 0 Å². The van der Waals surface area contributed by atoms with Gasteiger partial charge in [0.05, 0.1) is 13.2 Å². The van der Waals surface area contributed by atoms with E-state index in [1.807, 2.05) is 31.2 Å². The summed E-state index contributed by atoms with van der Waals surface area (Å²) in [6, 6.07) is 7.20. The minimum atomic E-state index is -0.434. The van der Waals surface area contributed by atoms with E-state index in [1.54, 1.807) is 12.0 Å². The average Bonchev–Trinajstić information content (AvgIpc) is 2.34. The molecule has 1 saturated heterocycles. The molecule has 0 aromatic heterocycles. The second kappa shape index (κ2) is 4.14. The molecule has 4 nitrogen and oxygen atoms in total. The van der Waals surface area contributed by atoms with Gasteiger partial charge >= 0.3 is 0 Å². The number of methoxy groups -OCH3 is 1. The van der Waals surface area contributed by atoms with Crippen LogP contribution in [0.5, 0.6) is 5.75 Å². The van der Waals surface area contributed by atoms with Crippen LogP contribution < -0.4 is 10.5 Å². The number of likely N-dealkylation sites (N-methyl/N-ethyl adjacent to an activating group) is 1. The van der Waals surface area contributed by atoms with E-state index >= 15 is 0 Å². The molecule has 0 radical (unpaired) electrons. The zero-order chi connectivity index (χ0) is 11.7. The lowest BCUT2D eigenvalue weighted by molar-refractivity contribution is -0.149. The predicted molar refractivity (Wildman–Crippen MR) is 61.1 cm³/mol. The second-order valence-corrected chi connectivity index (χ2v) is 3.84. The molecule has 2 atom stereocenters. The number of hydrogen-bond donors (Lipinski definition) is 1. The van der Waals surface area contributed by atoms with Gasteiger partial charge in [-0.15, -0.1) is 0 Å². The maximum atomic E-state index is 11.5. The van der Waals surface area contributed by atoms with Crippen molar-refractivity contribution in [2.24, 2.45) is 5.73 Å². The van der Waals surface area contributed by atoms with Crippen LogP contribution in [0.3, 0.4) is 0 Å². The van der Waals surface area contributed by atoms with Crippen molar-refractivity contribution in [3.05, 3.63) is 29.8 Å². The molecule has 1 amide bonds. The maximum Gasteiger partial charge on any atom is 0.242 e. The molecule has 16 heavy (non-hydrogen) atoms. The lowest BCUT2D eigenvalue weighted by Crippen LogP contribution is -2.62. The van der Waals surface area contributed by atoms with Gasteiger partial charge in [-0.25, -0.2) is 0 Å². The lowest BCUT2D eigenvalue weighted by Gasteiger charge is -2.45. The molecule has 1 heterocycles. The van der Waals surface area contributed by atoms with Crippen molar-refractivity contribution in [1.29, 1.82) is 0 Å². The Kier molecular flexibility index (Phi) is 2.83. The first-order valence-electron chi connectivity index (χ1n) is 5.39. The van der Waals surface area contributed by atoms with E-state index in [9.17, 15) is 4.79 Å². The molecule has 1 aliphatic rings. The molecule has 1 aromatic rings. The minimum Gasteiger partial charge on any atom is -0.496 e. The Labute approximate surface area is 95.0 Å². The number of benzene rings is 1. The number of amides is 1. The van der Waals surface area contributed by atoms with Gasteiger partial charge in [-0.1, -0.05) is 18.2 Å². The number of carbonyl (C=O) groups is 1. The Morgan fingerprint density at radius 3 is 2.75 bits per heavy atom. The average molecular weight is 220 g/mol. The van der Waals surface area contributed by atoms with Crippen LogP contribution in [0, 0.1) is 0 Å². The SMILES string of the molecule is CCN1C(=O)[C@@H](N)[C@H]1c1ccccc1OC. The van der Waals surface area contributed by atoms with Gasteiger partial charge in [-0.3, -0.25) is 4.79 Å². The van der Waals surface area contributed by atoms with E-state index in [4.69, 9.17) is 10.5 Å². The van der Waals surface area contributed by atoms with E-state index < -0.39 is 6.04 Å². The van der Waals surface area contributed by atoms with Crippen molar-refractivity contribution in [3.63, 3.8) is 0 Å². The standard InChI is InChI=1S/C12H16N2O2/c1-3-14-11(10(13)12(14)15)8-6-4-5-7-9(8)16-2/h4-7,10-11H,3,13H2,1-2H3/t10-,11+/m0/s1. The Balaban J connectivity index is 2.33. The van der Waals surface area contributed by atoms with Crippen LogP contribution in [-0.4, -0.2) is 30.5 Å². The smallest absolute Gasteiger partial charge is 0.242 e. The highest BCUT2D eigenvalue weighted by molar-refractivity contribution is 5.89. The van der Waals surface area contributed by atoms with Gasteiger partial charge in [-0.05, 0) is 13.0 Å². The molecule has 1 fully saturated rings. The van der Waals surface area contributed by atoms with Crippen LogP contribution in [0.15, 0.2) is 24.3 Å². The van der Waals surface area contributed by atoms with E-state index in [0.717, 1.165) is 11.3 Å². The summed E-state index contributed by atoms with van der Waals surface area (Å²) in [4.78, 5) is 13.3. The van der Waals surface area contributed by atoms with Crippen LogP contribution in [0.2, 0.25) is 0 Å². The maximum absolute atomic E-state index is 11.5. The number of ether oxygens (including phenoxy) is 1. The number of hydrogen-bond acceptors (Lipinski definition) is 3. The molecule has 4 heteroatoms. The summed E-state index contributed by atoms with van der Waals surface area (Å²) < 4.78 is 5.29. The van der Waals surface area contributed by atoms with Crippen molar-refractivity contribution in [2.45, 2.75) is 19.0 Å². The van der Waals surface area contributed by atoms with Gasteiger partial charge in [-0.2, -0.15) is 0 Å². The number of rotatable bonds is 3. The van der Waals surface area contributed by atoms with E-state index in [-0.39, 0.29) is 11.9 Å². The van der Waals surface area contributed by atoms with Crippen molar-refractivity contribution in [3.8, 4) is 5.75 Å². The van der Waals surface area contributed by atoms with Gasteiger partial charge in [0.1, 0.15) is 11.8 Å². The third-order valence-corrected chi connectivity index (χ3v) is 3.04. The quantitative estimate of drug-likeness (QED) is 0.771. The molecule has 1 aliphatic heterocycles. The summed E-state index contributed by atoms with van der Waals surface area (Å²) in [6.07, 6.45) is 0. The van der Waals surface area contributed by atoms with Crippen LogP contribution in [-0.2, 0) is 4.79 Å². The monoisotopic (exact) mass is 220 g/mol. The fraction of sp³-hybridized carbons (Fsp3) is 0.417. The zero-order valence-electron chi connectivity index (χ0n) is 9.51. The van der Waals surface area contributed by atoms with E-state index in [0.29, 0.717) is 6.54 Å². The highest BCUT2D eigenvalue weighted by atomic mass is 16.5. The largest absolute Gasteiger partial charge is 0.496 e. The molecule has 0 aliphatic carbocycles. The van der Waals surface area contributed by atoms with Gasteiger partial charge in [0.15, 0.2) is 0 Å². The Bertz CT molecular complexity index is 406. The topological polar surface area (TPSA) is 55.6 Å². The predicted octanol–water partition coefficient (Wildman–Crippen LogP) is 0.926. The van der Waals surface area contributed by atoms with E-state index in [1.165, 1.54) is 0 Å². The second-order valence-electron chi connectivity index (χ2n) is 3.84. The Morgan fingerprint density at radius 1 is 1.44 bits per heavy atom. The number of nitrogens with zero attached hydrogens (tertiary/aromatic N) is 1. The highest BCUT2D eigenvalue weighted by Crippen LogP contribution is 2.37. The van der Waals surface area contributed by atoms with Crippen molar-refractivity contribution >= 4 is 5.91 Å². The van der Waals surface area contributed by atoms with Gasteiger partial charge in [0, 0.05) is 12.1 Å². The number of nitrogens with two attached hydrogens (primary N) is 1. The summed E-state index contributed by atoms with van der Waals surface area (Å²) in [5, 5.41) is 0. The summed E-state index contributed by atoms with van der Waals surface area (Å²) in [5.41, 5.74) is 6.83. The molecule has 86 valence electrons. The van der Waals surface area contributed by atoms with Gasteiger partial charge in [0.25, 0.3) is 0 Å². The first-order valence-corrected chi connectivity index (χ1v) is 5.39. The third kappa shape index (κ3) is 1.46. The van der Waals surface area contributed by atoms with Crippen LogP contribution in [0.25, 0.3) is 0 Å². The number of likely N-dealkylation sites (tertiary alicyclic amines) is 1. The van der Waals surface area contributed by atoms with Crippen LogP contribution in [0.4, 0.5) is 0 Å². The molecule has 2 rings (SSSR count). The summed E-state index contributed by atoms with van der Waals surface area (Å²) in [6.45, 7) is 2.63. The molecular formula is C12H16N2O2. The molecular weight excluding hydrogens is 204 g/mol. The number of para-hydroxylation sites is 1. The van der Waals surface area contributed by atoms with Crippen molar-refractivity contribution in [1.82, 2.24) is 4.90 Å². The summed E-state index contributed by atoms with van der Waals surface area (Å²) >= 11 is 0. The molecule has 0 spiro atoms. The molecule has 0 bridgehead atoms. The number of β-lactam (4-membered cyclic amide) rings is 1. The third-order valence-electron chi connectivity index (χ3n) is 3.04.